The van der Waals surface area contributed by atoms with Crippen LogP contribution in [-0.2, 0) is 47.9 Å². The molecule has 0 aromatic carbocycles. The molecule has 9 N–H and O–H groups in total. The number of unbranched alkanes of at least 4 members (excludes halogenated alkanes) is 7. The molecular formula is C57H105N11O11. The van der Waals surface area contributed by atoms with Gasteiger partial charge >= 0.3 is 0 Å². The van der Waals surface area contributed by atoms with E-state index in [1.807, 2.05) is 60.5 Å². The number of hydrogen-bond acceptors (Lipinski definition) is 12. The van der Waals surface area contributed by atoms with Crippen LogP contribution in [0.2, 0.25) is 0 Å². The van der Waals surface area contributed by atoms with E-state index in [0.29, 0.717) is 51.6 Å². The minimum absolute atomic E-state index is 0.0228. The summed E-state index contributed by atoms with van der Waals surface area (Å²) in [6.07, 6.45) is 8.44. The zero-order chi connectivity index (χ0) is 60.4. The van der Waals surface area contributed by atoms with Crippen molar-refractivity contribution in [2.45, 2.75) is 259 Å². The zero-order valence-electron chi connectivity index (χ0n) is 51.1. The molecule has 0 aromatic rings. The van der Waals surface area contributed by atoms with Crippen molar-refractivity contribution in [1.82, 2.24) is 57.2 Å². The van der Waals surface area contributed by atoms with E-state index in [4.69, 9.17) is 0 Å². The summed E-state index contributed by atoms with van der Waals surface area (Å²) in [7, 11) is 3.79. The largest absolute Gasteiger partial charge is 0.391 e. The molecule has 1 heterocycles. The summed E-state index contributed by atoms with van der Waals surface area (Å²) in [6.45, 7) is 24.5. The molecule has 7 atom stereocenters. The number of rotatable bonds is 38. The molecule has 1 aliphatic heterocycles. The number of carbonyl (C=O) groups excluding carboxylic acids is 10. The van der Waals surface area contributed by atoms with Crippen molar-refractivity contribution in [3.8, 4) is 0 Å². The van der Waals surface area contributed by atoms with Gasteiger partial charge in [0, 0.05) is 38.5 Å². The zero-order valence-corrected chi connectivity index (χ0v) is 51.1. The lowest BCUT2D eigenvalue weighted by Gasteiger charge is -2.38. The smallest absolute Gasteiger partial charge is 0.246 e. The van der Waals surface area contributed by atoms with Gasteiger partial charge in [-0.1, -0.05) is 92.9 Å². The molecule has 0 aliphatic carbocycles. The standard InChI is InChI=1S/C57H105N11O11/c1-17-19-21-22-23-25-27-43(68(36-69)45-28-26-32-67(45)46(72)29-24-20-18-2)50(75)62-47(40(8)70)51(76)64-56(11,12)53(78)61-41(33-37(3)4)48(73)60-42(34-38(5)6)49(74)63-57(13,14)54(79)65-55(9,10)52(77)58-31-30-44(71)59-39(7)35-66(15)16/h36-43,45,47,70H,17-35H2,1-16H3,(H,58,77)(H,59,71)(H,60,73)(H,61,78)(H,62,75)(H,63,74)(H,64,76)(H,65,79)/t39-,40+,41-,42-,43-,45+,47-/m0/s1. The Labute approximate surface area is 472 Å². The predicted molar refractivity (Wildman–Crippen MR) is 305 cm³/mol. The second kappa shape index (κ2) is 34.7. The van der Waals surface area contributed by atoms with Crippen molar-refractivity contribution in [3.05, 3.63) is 0 Å². The molecule has 1 aliphatic rings. The van der Waals surface area contributed by atoms with E-state index in [2.05, 4.69) is 49.5 Å². The highest BCUT2D eigenvalue weighted by atomic mass is 16.3. The van der Waals surface area contributed by atoms with Crippen LogP contribution in [0.3, 0.4) is 0 Å². The fourth-order valence-electron chi connectivity index (χ4n) is 9.42. The first-order valence-corrected chi connectivity index (χ1v) is 29.1. The summed E-state index contributed by atoms with van der Waals surface area (Å²) < 4.78 is 0. The quantitative estimate of drug-likeness (QED) is 0.0318. The molecule has 1 saturated heterocycles. The van der Waals surface area contributed by atoms with Crippen molar-refractivity contribution in [2.75, 3.05) is 33.7 Å². The average molecular weight is 1120 g/mol. The van der Waals surface area contributed by atoms with Crippen LogP contribution in [-0.4, -0.2) is 172 Å². The maximum absolute atomic E-state index is 14.4. The summed E-state index contributed by atoms with van der Waals surface area (Å²) in [5.41, 5.74) is -4.79. The Morgan fingerprint density at radius 3 is 1.71 bits per heavy atom. The molecule has 22 nitrogen and oxygen atoms in total. The Hall–Kier alpha value is -5.38. The number of nitrogens with zero attached hydrogens (tertiary/aromatic N) is 3. The summed E-state index contributed by atoms with van der Waals surface area (Å²) in [5, 5.41) is 32.7. The van der Waals surface area contributed by atoms with Gasteiger partial charge in [0.05, 0.1) is 6.10 Å². The molecule has 22 heteroatoms. The van der Waals surface area contributed by atoms with E-state index in [0.717, 1.165) is 44.9 Å². The fourth-order valence-corrected chi connectivity index (χ4v) is 9.42. The third kappa shape index (κ3) is 25.7. The third-order valence-corrected chi connectivity index (χ3v) is 13.9. The Bertz CT molecular complexity index is 1990. The van der Waals surface area contributed by atoms with Crippen LogP contribution in [0.4, 0.5) is 0 Å². The molecule has 0 bridgehead atoms. The van der Waals surface area contributed by atoms with E-state index in [9.17, 15) is 53.1 Å². The van der Waals surface area contributed by atoms with E-state index >= 15 is 0 Å². The number of likely N-dealkylation sites (tertiary alicyclic amines) is 1. The number of likely N-dealkylation sites (N-methyl/N-ethyl adjacent to an activating group) is 1. The average Bonchev–Trinajstić information content (AvgIpc) is 3.82. The molecule has 0 spiro atoms. The van der Waals surface area contributed by atoms with Gasteiger partial charge in [0.25, 0.3) is 0 Å². The first-order valence-electron chi connectivity index (χ1n) is 29.1. The molecule has 0 saturated carbocycles. The molecular weight excluding hydrogens is 1010 g/mol. The van der Waals surface area contributed by atoms with E-state index in [-0.39, 0.29) is 61.9 Å². The SMILES string of the molecule is CCCCCCCC[C@@H](C(=O)N[C@H](C(=O)NC(C)(C)C(=O)N[C@@H](CC(C)C)C(=O)N[C@@H](CC(C)C)C(=O)NC(C)(C)C(=O)NC(C)(C)C(=O)NCCC(=O)N[C@@H](C)CN(C)C)[C@@H](C)O)N(C=O)[C@@H]1CCCN1C(=O)CCCCC. The van der Waals surface area contributed by atoms with Gasteiger partial charge in [0.15, 0.2) is 0 Å². The van der Waals surface area contributed by atoms with Gasteiger partial charge in [-0.05, 0) is 120 Å². The van der Waals surface area contributed by atoms with Crippen LogP contribution in [0.5, 0.6) is 0 Å². The van der Waals surface area contributed by atoms with Crippen molar-refractivity contribution in [3.63, 3.8) is 0 Å². The highest BCUT2D eigenvalue weighted by molar-refractivity contribution is 5.99. The summed E-state index contributed by atoms with van der Waals surface area (Å²) in [4.78, 5) is 141. The predicted octanol–water partition coefficient (Wildman–Crippen LogP) is 3.28. The van der Waals surface area contributed by atoms with Gasteiger partial charge in [-0.25, -0.2) is 0 Å². The monoisotopic (exact) mass is 1120 g/mol. The van der Waals surface area contributed by atoms with Gasteiger partial charge in [0.1, 0.15) is 46.9 Å². The lowest BCUT2D eigenvalue weighted by Crippen LogP contribution is -2.65. The minimum Gasteiger partial charge on any atom is -0.391 e. The lowest BCUT2D eigenvalue weighted by molar-refractivity contribution is -0.146. The molecule has 454 valence electrons. The van der Waals surface area contributed by atoms with E-state index < -0.39 is 94.4 Å². The Balaban J connectivity index is 3.27. The Kier molecular flexibility index (Phi) is 31.5. The van der Waals surface area contributed by atoms with Gasteiger partial charge in [-0.15, -0.1) is 0 Å². The van der Waals surface area contributed by atoms with Crippen LogP contribution >= 0.6 is 0 Å². The first kappa shape index (κ1) is 71.6. The van der Waals surface area contributed by atoms with Crippen LogP contribution in [0.25, 0.3) is 0 Å². The minimum atomic E-state index is -1.74. The van der Waals surface area contributed by atoms with E-state index in [1.165, 1.54) is 53.4 Å². The first-order chi connectivity index (χ1) is 36.7. The number of amides is 10. The van der Waals surface area contributed by atoms with Crippen molar-refractivity contribution in [2.24, 2.45) is 11.8 Å². The molecule has 10 amide bonds. The number of carbonyl (C=O) groups is 10. The number of nitrogens with one attached hydrogen (secondary N) is 8. The van der Waals surface area contributed by atoms with Gasteiger partial charge in [-0.2, -0.15) is 0 Å². The highest BCUT2D eigenvalue weighted by Crippen LogP contribution is 2.26. The second-order valence-electron chi connectivity index (χ2n) is 24.4. The number of aliphatic hydroxyl groups is 1. The summed E-state index contributed by atoms with van der Waals surface area (Å²) >= 11 is 0. The fraction of sp³-hybridized carbons (Fsp3) is 0.825. The third-order valence-electron chi connectivity index (χ3n) is 13.9. The van der Waals surface area contributed by atoms with Crippen molar-refractivity contribution < 1.29 is 53.1 Å². The summed E-state index contributed by atoms with van der Waals surface area (Å²) in [5.74, 6) is -5.67. The van der Waals surface area contributed by atoms with Crippen LogP contribution in [0, 0.1) is 11.8 Å². The van der Waals surface area contributed by atoms with Gasteiger partial charge < -0.3 is 62.3 Å². The molecule has 1 fully saturated rings. The maximum Gasteiger partial charge on any atom is 0.246 e. The lowest BCUT2D eigenvalue weighted by atomic mass is 9.96. The molecule has 0 unspecified atom stereocenters. The normalized spacial score (nSPS) is 16.2. The molecule has 1 rings (SSSR count). The van der Waals surface area contributed by atoms with E-state index in [1.54, 1.807) is 4.90 Å². The Morgan fingerprint density at radius 2 is 1.15 bits per heavy atom. The van der Waals surface area contributed by atoms with Crippen LogP contribution in [0.1, 0.15) is 200 Å². The summed E-state index contributed by atoms with van der Waals surface area (Å²) in [6, 6.07) is -5.15. The van der Waals surface area contributed by atoms with Crippen molar-refractivity contribution >= 4 is 59.6 Å². The van der Waals surface area contributed by atoms with Crippen molar-refractivity contribution in [1.29, 1.82) is 0 Å². The molecule has 0 aromatic heterocycles. The highest BCUT2D eigenvalue weighted by Gasteiger charge is 2.43. The number of hydrogen-bond donors (Lipinski definition) is 9. The van der Waals surface area contributed by atoms with Crippen LogP contribution < -0.4 is 42.5 Å². The second-order valence-corrected chi connectivity index (χ2v) is 24.4. The van der Waals surface area contributed by atoms with Gasteiger partial charge in [0.2, 0.25) is 59.6 Å². The number of aliphatic hydroxyl groups excluding tert-OH is 1. The van der Waals surface area contributed by atoms with Crippen LogP contribution in [0.15, 0.2) is 0 Å². The maximum atomic E-state index is 14.4. The molecule has 0 radical (unpaired) electrons. The topological polar surface area (TPSA) is 297 Å². The van der Waals surface area contributed by atoms with Gasteiger partial charge in [-0.3, -0.25) is 47.9 Å². The molecule has 79 heavy (non-hydrogen) atoms. The Morgan fingerprint density at radius 1 is 0.620 bits per heavy atom.